The second kappa shape index (κ2) is 9.46. The van der Waals surface area contributed by atoms with Gasteiger partial charge < -0.3 is 19.8 Å². The summed E-state index contributed by atoms with van der Waals surface area (Å²) in [7, 11) is 0. The van der Waals surface area contributed by atoms with Crippen molar-refractivity contribution in [3.8, 4) is 0 Å². The fourth-order valence-electron chi connectivity index (χ4n) is 3.64. The molecule has 2 N–H and O–H groups in total. The molecule has 0 bridgehead atoms. The van der Waals surface area contributed by atoms with Crippen LogP contribution < -0.4 is 4.90 Å². The number of hydrogen-bond donors (Lipinski definition) is 2. The van der Waals surface area contributed by atoms with Gasteiger partial charge in [-0.05, 0) is 41.5 Å². The Labute approximate surface area is 195 Å². The number of alkyl halides is 1. The number of anilines is 1. The molecule has 13 heteroatoms. The van der Waals surface area contributed by atoms with E-state index in [9.17, 15) is 19.1 Å². The number of ether oxygens (including phenoxy) is 1. The monoisotopic (exact) mass is 558 g/mol. The molecule has 4 rings (SSSR count). The Balaban J connectivity index is 1.47. The number of rotatable bonds is 6. The van der Waals surface area contributed by atoms with Crippen LogP contribution in [-0.4, -0.2) is 83.3 Å². The predicted molar refractivity (Wildman–Crippen MR) is 117 cm³/mol. The Morgan fingerprint density at radius 1 is 1.41 bits per heavy atom. The van der Waals surface area contributed by atoms with Crippen LogP contribution in [0.2, 0.25) is 0 Å². The largest absolute Gasteiger partial charge is 0.442 e. The molecule has 1 aromatic heterocycles. The number of cyclic esters (lactones) is 1. The van der Waals surface area contributed by atoms with Crippen LogP contribution in [0, 0.1) is 5.82 Å². The molecule has 3 heterocycles. The zero-order valence-corrected chi connectivity index (χ0v) is 18.9. The quantitative estimate of drug-likeness (QED) is 0.299. The summed E-state index contributed by atoms with van der Waals surface area (Å²) >= 11 is 2.02. The molecule has 0 radical (unpaired) electrons. The SMILES string of the molecule is O=C1O[C@@H](Cn2ncnn2)CN1c1ccc(C2=CC(I)N(C(=O)[C@@H](O)CO)CC2)c(F)c1. The van der Waals surface area contributed by atoms with Crippen molar-refractivity contribution >= 4 is 45.9 Å². The lowest BCUT2D eigenvalue weighted by molar-refractivity contribution is -0.142. The normalized spacial score (nSPS) is 22.0. The molecule has 1 aromatic carbocycles. The maximum atomic E-state index is 15.0. The summed E-state index contributed by atoms with van der Waals surface area (Å²) in [6.45, 7) is 0.0995. The van der Waals surface area contributed by atoms with E-state index in [0.717, 1.165) is 5.57 Å². The fourth-order valence-corrected chi connectivity index (χ4v) is 4.63. The van der Waals surface area contributed by atoms with Crippen LogP contribution in [-0.2, 0) is 16.1 Å². The number of tetrazole rings is 1. The Kier molecular flexibility index (Phi) is 6.66. The maximum absolute atomic E-state index is 15.0. The van der Waals surface area contributed by atoms with Crippen molar-refractivity contribution in [2.24, 2.45) is 0 Å². The van der Waals surface area contributed by atoms with E-state index in [-0.39, 0.29) is 19.6 Å². The first kappa shape index (κ1) is 22.5. The Bertz CT molecular complexity index is 1040. The highest BCUT2D eigenvalue weighted by Gasteiger charge is 2.34. The molecule has 1 fully saturated rings. The number of halogens is 2. The molecule has 0 saturated carbocycles. The van der Waals surface area contributed by atoms with E-state index in [0.29, 0.717) is 17.7 Å². The molecule has 1 saturated heterocycles. The van der Waals surface area contributed by atoms with Gasteiger partial charge in [0.1, 0.15) is 22.5 Å². The van der Waals surface area contributed by atoms with Gasteiger partial charge in [0.15, 0.2) is 12.4 Å². The minimum Gasteiger partial charge on any atom is -0.442 e. The van der Waals surface area contributed by atoms with Crippen molar-refractivity contribution in [2.75, 3.05) is 24.6 Å². The third-order valence-corrected chi connectivity index (χ3v) is 6.27. The summed E-state index contributed by atoms with van der Waals surface area (Å²) in [4.78, 5) is 28.5. The van der Waals surface area contributed by atoms with Crippen molar-refractivity contribution in [1.29, 1.82) is 0 Å². The number of aliphatic hydroxyl groups excluding tert-OH is 2. The van der Waals surface area contributed by atoms with Crippen molar-refractivity contribution in [3.05, 3.63) is 42.0 Å². The highest BCUT2D eigenvalue weighted by atomic mass is 127. The number of carbonyl (C=O) groups excluding carboxylic acids is 2. The molecule has 11 nitrogen and oxygen atoms in total. The number of hydrogen-bond acceptors (Lipinski definition) is 8. The van der Waals surface area contributed by atoms with E-state index in [1.54, 1.807) is 18.2 Å². The zero-order valence-electron chi connectivity index (χ0n) is 16.7. The summed E-state index contributed by atoms with van der Waals surface area (Å²) in [6.07, 6.45) is 0.879. The van der Waals surface area contributed by atoms with Crippen LogP contribution in [0.4, 0.5) is 14.9 Å². The second-order valence-electron chi connectivity index (χ2n) is 7.32. The van der Waals surface area contributed by atoms with Gasteiger partial charge >= 0.3 is 6.09 Å². The number of aromatic nitrogens is 4. The number of aliphatic hydroxyl groups is 2. The second-order valence-corrected chi connectivity index (χ2v) is 8.59. The Hall–Kier alpha value is -2.65. The van der Waals surface area contributed by atoms with Crippen LogP contribution in [0.25, 0.3) is 5.57 Å². The predicted octanol–water partition coefficient (Wildman–Crippen LogP) is 0.568. The topological polar surface area (TPSA) is 134 Å². The molecule has 32 heavy (non-hydrogen) atoms. The number of amides is 2. The van der Waals surface area contributed by atoms with Gasteiger partial charge in [0.05, 0.1) is 18.8 Å². The number of nitrogens with zero attached hydrogens (tertiary/aromatic N) is 6. The van der Waals surface area contributed by atoms with Gasteiger partial charge in [0, 0.05) is 12.1 Å². The first-order valence-electron chi connectivity index (χ1n) is 9.80. The minimum absolute atomic E-state index is 0.224. The van der Waals surface area contributed by atoms with Gasteiger partial charge in [-0.3, -0.25) is 9.69 Å². The van der Waals surface area contributed by atoms with Crippen molar-refractivity contribution in [1.82, 2.24) is 25.1 Å². The highest BCUT2D eigenvalue weighted by molar-refractivity contribution is 14.1. The molecule has 3 atom stereocenters. The van der Waals surface area contributed by atoms with Gasteiger partial charge in [-0.1, -0.05) is 22.6 Å². The van der Waals surface area contributed by atoms with E-state index in [1.807, 2.05) is 22.6 Å². The lowest BCUT2D eigenvalue weighted by atomic mass is 9.98. The Morgan fingerprint density at radius 3 is 2.88 bits per heavy atom. The molecule has 2 aliphatic rings. The average Bonchev–Trinajstić information content (AvgIpc) is 3.42. The third kappa shape index (κ3) is 4.59. The standard InChI is InChI=1S/C19H20FIN6O5/c20-15-6-12(26-7-13(32-19(26)31)8-27-23-10-22-24-27)1-2-14(15)11-3-4-25(17(21)5-11)18(30)16(29)9-28/h1-2,5-6,10,13,16-17,28-29H,3-4,7-9H2/t13-,16+,17?/m1/s1. The summed E-state index contributed by atoms with van der Waals surface area (Å²) in [5.41, 5.74) is 1.46. The zero-order chi connectivity index (χ0) is 22.8. The van der Waals surface area contributed by atoms with Gasteiger partial charge in [0.2, 0.25) is 0 Å². The molecule has 1 unspecified atom stereocenters. The Morgan fingerprint density at radius 2 is 2.22 bits per heavy atom. The van der Waals surface area contributed by atoms with Gasteiger partial charge in [-0.2, -0.15) is 4.80 Å². The summed E-state index contributed by atoms with van der Waals surface area (Å²) in [6, 6.07) is 4.52. The smallest absolute Gasteiger partial charge is 0.414 e. The van der Waals surface area contributed by atoms with E-state index in [2.05, 4.69) is 15.4 Å². The highest BCUT2D eigenvalue weighted by Crippen LogP contribution is 2.32. The molecule has 170 valence electrons. The lowest BCUT2D eigenvalue weighted by Gasteiger charge is -2.32. The van der Waals surface area contributed by atoms with Crippen LogP contribution >= 0.6 is 22.6 Å². The van der Waals surface area contributed by atoms with Gasteiger partial charge in [-0.25, -0.2) is 9.18 Å². The number of benzene rings is 1. The maximum Gasteiger partial charge on any atom is 0.414 e. The third-order valence-electron chi connectivity index (χ3n) is 5.24. The molecule has 2 aromatic rings. The van der Waals surface area contributed by atoms with Crippen LogP contribution in [0.3, 0.4) is 0 Å². The fraction of sp³-hybridized carbons (Fsp3) is 0.421. The minimum atomic E-state index is -1.47. The van der Waals surface area contributed by atoms with Crippen LogP contribution in [0.1, 0.15) is 12.0 Å². The lowest BCUT2D eigenvalue weighted by Crippen LogP contribution is -2.46. The van der Waals surface area contributed by atoms with E-state index < -0.39 is 40.7 Å². The van der Waals surface area contributed by atoms with Gasteiger partial charge in [-0.15, -0.1) is 10.2 Å². The molecule has 0 spiro atoms. The van der Waals surface area contributed by atoms with Crippen molar-refractivity contribution in [2.45, 2.75) is 29.2 Å². The summed E-state index contributed by atoms with van der Waals surface area (Å²) < 4.78 is 19.9. The van der Waals surface area contributed by atoms with E-state index in [4.69, 9.17) is 9.84 Å². The first-order valence-corrected chi connectivity index (χ1v) is 11.0. The summed E-state index contributed by atoms with van der Waals surface area (Å²) in [5, 5.41) is 29.8. The summed E-state index contributed by atoms with van der Waals surface area (Å²) in [5.74, 6) is -1.07. The van der Waals surface area contributed by atoms with Crippen LogP contribution in [0.5, 0.6) is 0 Å². The van der Waals surface area contributed by atoms with E-state index >= 15 is 0 Å². The van der Waals surface area contributed by atoms with Crippen molar-refractivity contribution < 1.29 is 28.9 Å². The molecular formula is C19H20FIN6O5. The molecule has 0 aliphatic carbocycles. The van der Waals surface area contributed by atoms with Gasteiger partial charge in [0.25, 0.3) is 5.91 Å². The average molecular weight is 558 g/mol. The van der Waals surface area contributed by atoms with Crippen molar-refractivity contribution in [3.63, 3.8) is 0 Å². The molecule has 2 amide bonds. The molecule has 2 aliphatic heterocycles. The number of carbonyl (C=O) groups is 2. The van der Waals surface area contributed by atoms with E-state index in [1.165, 1.54) is 27.0 Å². The first-order chi connectivity index (χ1) is 15.4. The molecular weight excluding hydrogens is 538 g/mol. The van der Waals surface area contributed by atoms with Crippen LogP contribution in [0.15, 0.2) is 30.6 Å².